The molecule has 4 nitrogen and oxygen atoms in total. The second-order valence-electron chi connectivity index (χ2n) is 7.66. The predicted molar refractivity (Wildman–Crippen MR) is 104 cm³/mol. The van der Waals surface area contributed by atoms with Gasteiger partial charge < -0.3 is 15.4 Å². The van der Waals surface area contributed by atoms with Crippen LogP contribution in [0.4, 0.5) is 10.1 Å². The molecule has 0 amide bonds. The number of Topliss-reactive ketones (excluding diaryl/α,β-unsaturated/α-hetero) is 1. The van der Waals surface area contributed by atoms with Crippen LogP contribution in [0.15, 0.2) is 42.5 Å². The summed E-state index contributed by atoms with van der Waals surface area (Å²) in [6.07, 6.45) is 4.16. The third-order valence-electron chi connectivity index (χ3n) is 5.81. The topological polar surface area (TPSA) is 55.6 Å². The smallest absolute Gasteiger partial charge is 0.162 e. The number of fused-ring (bicyclic) bond motifs is 1. The number of anilines is 1. The van der Waals surface area contributed by atoms with Gasteiger partial charge in [-0.2, -0.15) is 0 Å². The third-order valence-corrected chi connectivity index (χ3v) is 5.81. The predicted octanol–water partition coefficient (Wildman–Crippen LogP) is 3.84. The average Bonchev–Trinajstić information content (AvgIpc) is 3.03. The van der Waals surface area contributed by atoms with Crippen LogP contribution in [0.1, 0.15) is 41.6 Å². The van der Waals surface area contributed by atoms with Gasteiger partial charge in [-0.15, -0.1) is 0 Å². The first-order valence-electron chi connectivity index (χ1n) is 9.62. The van der Waals surface area contributed by atoms with Crippen LogP contribution in [-0.2, 0) is 6.42 Å². The third kappa shape index (κ3) is 3.83. The molecule has 2 N–H and O–H groups in total. The number of likely N-dealkylation sites (tertiary alicyclic amines) is 1. The van der Waals surface area contributed by atoms with E-state index in [0.717, 1.165) is 62.3 Å². The number of nitrogen functional groups attached to an aromatic ring is 1. The Bertz CT molecular complexity index is 827. The van der Waals surface area contributed by atoms with E-state index >= 15 is 0 Å². The first-order chi connectivity index (χ1) is 13.0. The van der Waals surface area contributed by atoms with Crippen LogP contribution >= 0.6 is 0 Å². The van der Waals surface area contributed by atoms with Crippen molar-refractivity contribution >= 4 is 11.5 Å². The van der Waals surface area contributed by atoms with Crippen LogP contribution in [0.2, 0.25) is 0 Å². The normalized spacial score (nSPS) is 18.3. The second kappa shape index (κ2) is 7.31. The van der Waals surface area contributed by atoms with Gasteiger partial charge in [0.25, 0.3) is 0 Å². The fourth-order valence-corrected chi connectivity index (χ4v) is 4.17. The van der Waals surface area contributed by atoms with Crippen LogP contribution in [0.25, 0.3) is 0 Å². The Hall–Kier alpha value is -2.40. The molecule has 0 atom stereocenters. The van der Waals surface area contributed by atoms with Crippen molar-refractivity contribution in [3.63, 3.8) is 0 Å². The van der Waals surface area contributed by atoms with Gasteiger partial charge in [-0.3, -0.25) is 4.79 Å². The second-order valence-corrected chi connectivity index (χ2v) is 7.66. The molecule has 0 unspecified atom stereocenters. The van der Waals surface area contributed by atoms with Crippen molar-refractivity contribution in [2.45, 2.75) is 37.7 Å². The maximum Gasteiger partial charge on any atom is 0.162 e. The Balaban J connectivity index is 1.24. The maximum absolute atomic E-state index is 12.9. The van der Waals surface area contributed by atoms with Crippen molar-refractivity contribution in [3.05, 3.63) is 59.4 Å². The highest BCUT2D eigenvalue weighted by Gasteiger charge is 2.42. The number of nitrogens with two attached hydrogens (primary N) is 1. The van der Waals surface area contributed by atoms with Crippen LogP contribution in [0.3, 0.4) is 0 Å². The summed E-state index contributed by atoms with van der Waals surface area (Å²) in [6.45, 7) is 2.84. The maximum atomic E-state index is 12.9. The Labute approximate surface area is 159 Å². The molecular weight excluding hydrogens is 343 g/mol. The first kappa shape index (κ1) is 18.0. The molecule has 0 saturated carbocycles. The molecule has 4 rings (SSSR count). The van der Waals surface area contributed by atoms with Gasteiger partial charge in [-0.25, -0.2) is 4.39 Å². The van der Waals surface area contributed by atoms with Crippen molar-refractivity contribution in [3.8, 4) is 5.75 Å². The first-order valence-corrected chi connectivity index (χ1v) is 9.62. The summed E-state index contributed by atoms with van der Waals surface area (Å²) >= 11 is 0. The average molecular weight is 368 g/mol. The number of ether oxygens (including phenoxy) is 1. The molecule has 0 aliphatic carbocycles. The van der Waals surface area contributed by atoms with Gasteiger partial charge in [0.05, 0.1) is 0 Å². The number of halogens is 1. The summed E-state index contributed by atoms with van der Waals surface area (Å²) in [5.41, 5.74) is 8.54. The van der Waals surface area contributed by atoms with Crippen molar-refractivity contribution in [1.82, 2.24) is 4.90 Å². The van der Waals surface area contributed by atoms with E-state index < -0.39 is 0 Å². The van der Waals surface area contributed by atoms with E-state index in [1.165, 1.54) is 12.1 Å². The zero-order valence-corrected chi connectivity index (χ0v) is 15.4. The van der Waals surface area contributed by atoms with Crippen LogP contribution in [-0.4, -0.2) is 35.9 Å². The van der Waals surface area contributed by atoms with E-state index in [-0.39, 0.29) is 17.2 Å². The molecule has 2 heterocycles. The summed E-state index contributed by atoms with van der Waals surface area (Å²) in [7, 11) is 0. The number of carbonyl (C=O) groups is 1. The summed E-state index contributed by atoms with van der Waals surface area (Å²) in [6, 6.07) is 11.7. The van der Waals surface area contributed by atoms with E-state index in [4.69, 9.17) is 10.5 Å². The van der Waals surface area contributed by atoms with Gasteiger partial charge in [0.2, 0.25) is 0 Å². The SMILES string of the molecule is Nc1cccc2c1CC1(CCN(CCCC(=O)c3ccc(F)cc3)CC1)O2. The van der Waals surface area contributed by atoms with E-state index in [2.05, 4.69) is 4.90 Å². The van der Waals surface area contributed by atoms with Crippen molar-refractivity contribution < 1.29 is 13.9 Å². The number of hydrogen-bond donors (Lipinski definition) is 1. The van der Waals surface area contributed by atoms with E-state index in [1.807, 2.05) is 18.2 Å². The van der Waals surface area contributed by atoms with E-state index in [0.29, 0.717) is 12.0 Å². The molecule has 2 aromatic carbocycles. The van der Waals surface area contributed by atoms with Crippen molar-refractivity contribution in [2.24, 2.45) is 0 Å². The fourth-order valence-electron chi connectivity index (χ4n) is 4.17. The van der Waals surface area contributed by atoms with Gasteiger partial charge in [0.15, 0.2) is 5.78 Å². The monoisotopic (exact) mass is 368 g/mol. The molecule has 1 spiro atoms. The van der Waals surface area contributed by atoms with Gasteiger partial charge in [0, 0.05) is 55.6 Å². The van der Waals surface area contributed by atoms with Crippen molar-refractivity contribution in [2.75, 3.05) is 25.4 Å². The summed E-state index contributed by atoms with van der Waals surface area (Å²) in [4.78, 5) is 14.6. The van der Waals surface area contributed by atoms with Gasteiger partial charge in [-0.1, -0.05) is 6.07 Å². The van der Waals surface area contributed by atoms with E-state index in [1.54, 1.807) is 12.1 Å². The van der Waals surface area contributed by atoms with Gasteiger partial charge in [0.1, 0.15) is 17.2 Å². The van der Waals surface area contributed by atoms with Gasteiger partial charge >= 0.3 is 0 Å². The quantitative estimate of drug-likeness (QED) is 0.644. The summed E-state index contributed by atoms with van der Waals surface area (Å²) < 4.78 is 19.2. The molecule has 1 saturated heterocycles. The zero-order chi connectivity index (χ0) is 18.9. The zero-order valence-electron chi connectivity index (χ0n) is 15.4. The number of rotatable bonds is 5. The van der Waals surface area contributed by atoms with Crippen LogP contribution in [0.5, 0.6) is 5.75 Å². The minimum Gasteiger partial charge on any atom is -0.486 e. The number of piperidine rings is 1. The minimum absolute atomic E-state index is 0.0773. The number of hydrogen-bond acceptors (Lipinski definition) is 4. The Morgan fingerprint density at radius 3 is 2.59 bits per heavy atom. The molecule has 2 aromatic rings. The Morgan fingerprint density at radius 2 is 1.89 bits per heavy atom. The highest BCUT2D eigenvalue weighted by Crippen LogP contribution is 2.43. The molecule has 5 heteroatoms. The highest BCUT2D eigenvalue weighted by atomic mass is 19.1. The van der Waals surface area contributed by atoms with Gasteiger partial charge in [-0.05, 0) is 49.4 Å². The number of ketones is 1. The minimum atomic E-state index is -0.313. The standard InChI is InChI=1S/C22H25FN2O2/c23-17-8-6-16(7-9-17)20(26)4-2-12-25-13-10-22(11-14-25)15-18-19(24)3-1-5-21(18)27-22/h1,3,5-9H,2,4,10-15,24H2. The molecule has 142 valence electrons. The van der Waals surface area contributed by atoms with E-state index in [9.17, 15) is 9.18 Å². The molecule has 27 heavy (non-hydrogen) atoms. The summed E-state index contributed by atoms with van der Waals surface area (Å²) in [5, 5.41) is 0. The number of carbonyl (C=O) groups excluding carboxylic acids is 1. The van der Waals surface area contributed by atoms with Crippen LogP contribution in [0, 0.1) is 5.82 Å². The Morgan fingerprint density at radius 1 is 1.15 bits per heavy atom. The number of benzene rings is 2. The largest absolute Gasteiger partial charge is 0.486 e. The summed E-state index contributed by atoms with van der Waals surface area (Å²) in [5.74, 6) is 0.703. The lowest BCUT2D eigenvalue weighted by Crippen LogP contribution is -2.47. The molecule has 0 aromatic heterocycles. The lowest BCUT2D eigenvalue weighted by molar-refractivity contribution is 0.0190. The molecular formula is C22H25FN2O2. The number of nitrogens with zero attached hydrogens (tertiary/aromatic N) is 1. The van der Waals surface area contributed by atoms with Crippen molar-refractivity contribution in [1.29, 1.82) is 0 Å². The Kier molecular flexibility index (Phi) is 4.87. The molecule has 1 fully saturated rings. The fraction of sp³-hybridized carbons (Fsp3) is 0.409. The lowest BCUT2D eigenvalue weighted by atomic mass is 9.86. The molecule has 0 bridgehead atoms. The molecule has 0 radical (unpaired) electrons. The lowest BCUT2D eigenvalue weighted by Gasteiger charge is -2.38. The highest BCUT2D eigenvalue weighted by molar-refractivity contribution is 5.95. The van der Waals surface area contributed by atoms with Crippen LogP contribution < -0.4 is 10.5 Å². The molecule has 2 aliphatic heterocycles. The molecule has 2 aliphatic rings.